The highest BCUT2D eigenvalue weighted by molar-refractivity contribution is 5.76. The van der Waals surface area contributed by atoms with E-state index in [-0.39, 0.29) is 17.4 Å². The van der Waals surface area contributed by atoms with Crippen LogP contribution in [0.1, 0.15) is 27.2 Å². The molecular weight excluding hydrogens is 268 g/mol. The predicted molar refractivity (Wildman–Crippen MR) is 78.3 cm³/mol. The van der Waals surface area contributed by atoms with Gasteiger partial charge in [-0.3, -0.25) is 9.48 Å². The fourth-order valence-electron chi connectivity index (χ4n) is 1.97. The molecule has 0 unspecified atom stereocenters. The molecule has 114 valence electrons. The van der Waals surface area contributed by atoms with Gasteiger partial charge in [0, 0.05) is 25.4 Å². The first kappa shape index (κ1) is 15.2. The Labute approximate surface area is 124 Å². The van der Waals surface area contributed by atoms with Crippen LogP contribution in [0.3, 0.4) is 0 Å². The molecular formula is C14H22N6O. The molecule has 0 saturated carbocycles. The van der Waals surface area contributed by atoms with Gasteiger partial charge in [0.2, 0.25) is 5.91 Å². The van der Waals surface area contributed by atoms with Gasteiger partial charge in [-0.25, -0.2) is 9.97 Å². The smallest absolute Gasteiger partial charge is 0.222 e. The fourth-order valence-corrected chi connectivity index (χ4v) is 1.97. The average molecular weight is 290 g/mol. The van der Waals surface area contributed by atoms with Crippen LogP contribution in [0.5, 0.6) is 0 Å². The van der Waals surface area contributed by atoms with E-state index in [4.69, 9.17) is 0 Å². The van der Waals surface area contributed by atoms with Crippen molar-refractivity contribution in [2.45, 2.75) is 46.3 Å². The lowest BCUT2D eigenvalue weighted by molar-refractivity contribution is -0.123. The molecule has 1 N–H and O–H groups in total. The molecule has 0 radical (unpaired) electrons. The van der Waals surface area contributed by atoms with Crippen LogP contribution in [0.4, 0.5) is 0 Å². The predicted octanol–water partition coefficient (Wildman–Crippen LogP) is 1.10. The number of amides is 1. The van der Waals surface area contributed by atoms with Gasteiger partial charge in [-0.1, -0.05) is 20.8 Å². The maximum absolute atomic E-state index is 12.1. The summed E-state index contributed by atoms with van der Waals surface area (Å²) in [7, 11) is 0. The first-order valence-corrected chi connectivity index (χ1v) is 7.02. The van der Waals surface area contributed by atoms with E-state index in [0.717, 1.165) is 0 Å². The van der Waals surface area contributed by atoms with Gasteiger partial charge in [0.05, 0.1) is 18.9 Å². The summed E-state index contributed by atoms with van der Waals surface area (Å²) in [6.45, 7) is 7.59. The van der Waals surface area contributed by atoms with E-state index in [1.165, 1.54) is 6.33 Å². The summed E-state index contributed by atoms with van der Waals surface area (Å²) >= 11 is 0. The molecule has 21 heavy (non-hydrogen) atoms. The van der Waals surface area contributed by atoms with Crippen LogP contribution in [-0.4, -0.2) is 36.3 Å². The van der Waals surface area contributed by atoms with Gasteiger partial charge < -0.3 is 9.88 Å². The Morgan fingerprint density at radius 1 is 1.29 bits per heavy atom. The van der Waals surface area contributed by atoms with Crippen molar-refractivity contribution in [3.63, 3.8) is 0 Å². The van der Waals surface area contributed by atoms with Crippen LogP contribution in [0.25, 0.3) is 0 Å². The lowest BCUT2D eigenvalue weighted by Crippen LogP contribution is -2.46. The average Bonchev–Trinajstić information content (AvgIpc) is 3.07. The van der Waals surface area contributed by atoms with Crippen LogP contribution in [0, 0.1) is 5.41 Å². The lowest BCUT2D eigenvalue weighted by Gasteiger charge is -2.31. The van der Waals surface area contributed by atoms with Crippen LogP contribution in [-0.2, 0) is 17.9 Å². The standard InChI is InChI=1S/C14H22N6O/c1-14(2,3)12(8-19-7-5-15-10-19)18-13(21)4-6-20-11-16-9-17-20/h5,7,9-12H,4,6,8H2,1-3H3,(H,18,21)/t12-/m0/s1. The maximum atomic E-state index is 12.1. The first-order chi connectivity index (χ1) is 9.95. The topological polar surface area (TPSA) is 77.6 Å². The second-order valence-electron chi connectivity index (χ2n) is 6.15. The molecule has 2 aromatic rings. The zero-order valence-corrected chi connectivity index (χ0v) is 12.7. The highest BCUT2D eigenvalue weighted by atomic mass is 16.1. The van der Waals surface area contributed by atoms with Crippen molar-refractivity contribution in [1.82, 2.24) is 29.6 Å². The van der Waals surface area contributed by atoms with E-state index in [1.54, 1.807) is 23.5 Å². The number of rotatable bonds is 6. The second kappa shape index (κ2) is 6.51. The zero-order valence-electron chi connectivity index (χ0n) is 12.7. The Hall–Kier alpha value is -2.18. The van der Waals surface area contributed by atoms with E-state index >= 15 is 0 Å². The molecule has 0 aliphatic carbocycles. The number of aryl methyl sites for hydroxylation is 1. The molecule has 1 atom stereocenters. The van der Waals surface area contributed by atoms with Crippen LogP contribution in [0.2, 0.25) is 0 Å². The number of nitrogens with one attached hydrogen (secondary N) is 1. The number of imidazole rings is 1. The van der Waals surface area contributed by atoms with Gasteiger partial charge in [-0.05, 0) is 5.41 Å². The first-order valence-electron chi connectivity index (χ1n) is 7.02. The number of hydrogen-bond acceptors (Lipinski definition) is 4. The minimum atomic E-state index is -0.0345. The van der Waals surface area contributed by atoms with Crippen molar-refractivity contribution >= 4 is 5.91 Å². The minimum absolute atomic E-state index is 0.0190. The van der Waals surface area contributed by atoms with Crippen LogP contribution < -0.4 is 5.32 Å². The largest absolute Gasteiger partial charge is 0.351 e. The summed E-state index contributed by atoms with van der Waals surface area (Å²) in [5, 5.41) is 7.10. The van der Waals surface area contributed by atoms with E-state index in [1.807, 2.05) is 10.8 Å². The van der Waals surface area contributed by atoms with Gasteiger partial charge in [0.1, 0.15) is 12.7 Å². The quantitative estimate of drug-likeness (QED) is 0.864. The van der Waals surface area contributed by atoms with Gasteiger partial charge >= 0.3 is 0 Å². The molecule has 0 aromatic carbocycles. The number of aromatic nitrogens is 5. The second-order valence-corrected chi connectivity index (χ2v) is 6.15. The molecule has 2 rings (SSSR count). The molecule has 0 aliphatic rings. The molecule has 0 bridgehead atoms. The van der Waals surface area contributed by atoms with Crippen LogP contribution >= 0.6 is 0 Å². The minimum Gasteiger partial charge on any atom is -0.351 e. The molecule has 7 heteroatoms. The number of carbonyl (C=O) groups is 1. The number of hydrogen-bond donors (Lipinski definition) is 1. The maximum Gasteiger partial charge on any atom is 0.222 e. The van der Waals surface area contributed by atoms with Crippen molar-refractivity contribution in [2.75, 3.05) is 0 Å². The molecule has 0 spiro atoms. The van der Waals surface area contributed by atoms with E-state index in [0.29, 0.717) is 19.5 Å². The molecule has 0 saturated heterocycles. The van der Waals surface area contributed by atoms with Crippen molar-refractivity contribution in [3.05, 3.63) is 31.4 Å². The van der Waals surface area contributed by atoms with Gasteiger partial charge in [0.15, 0.2) is 0 Å². The van der Waals surface area contributed by atoms with Crippen LogP contribution in [0.15, 0.2) is 31.4 Å². The van der Waals surface area contributed by atoms with E-state index in [2.05, 4.69) is 41.2 Å². The highest BCUT2D eigenvalue weighted by Gasteiger charge is 2.26. The summed E-state index contributed by atoms with van der Waals surface area (Å²) in [5.74, 6) is 0.0190. The van der Waals surface area contributed by atoms with Gasteiger partial charge in [-0.15, -0.1) is 0 Å². The summed E-state index contributed by atoms with van der Waals surface area (Å²) in [4.78, 5) is 20.0. The third kappa shape index (κ3) is 4.70. The van der Waals surface area contributed by atoms with E-state index < -0.39 is 0 Å². The Bertz CT molecular complexity index is 541. The van der Waals surface area contributed by atoms with Gasteiger partial charge in [-0.2, -0.15) is 5.10 Å². The molecule has 7 nitrogen and oxygen atoms in total. The fraction of sp³-hybridized carbons (Fsp3) is 0.571. The van der Waals surface area contributed by atoms with E-state index in [9.17, 15) is 4.79 Å². The van der Waals surface area contributed by atoms with Crippen molar-refractivity contribution < 1.29 is 4.79 Å². The normalized spacial score (nSPS) is 13.1. The Kier molecular flexibility index (Phi) is 4.72. The highest BCUT2D eigenvalue weighted by Crippen LogP contribution is 2.20. The number of nitrogens with zero attached hydrogens (tertiary/aromatic N) is 5. The number of carbonyl (C=O) groups excluding carboxylic acids is 1. The van der Waals surface area contributed by atoms with Crippen molar-refractivity contribution in [2.24, 2.45) is 5.41 Å². The molecule has 0 aliphatic heterocycles. The third-order valence-electron chi connectivity index (χ3n) is 3.37. The van der Waals surface area contributed by atoms with Crippen molar-refractivity contribution in [3.8, 4) is 0 Å². The Balaban J connectivity index is 1.90. The van der Waals surface area contributed by atoms with Crippen molar-refractivity contribution in [1.29, 1.82) is 0 Å². The molecule has 2 heterocycles. The SMILES string of the molecule is CC(C)(C)[C@H](Cn1ccnc1)NC(=O)CCn1cncn1. The molecule has 2 aromatic heterocycles. The molecule has 1 amide bonds. The Morgan fingerprint density at radius 3 is 2.67 bits per heavy atom. The summed E-state index contributed by atoms with van der Waals surface area (Å²) in [5.41, 5.74) is -0.0345. The van der Waals surface area contributed by atoms with Gasteiger partial charge in [0.25, 0.3) is 0 Å². The lowest BCUT2D eigenvalue weighted by atomic mass is 9.86. The molecule has 0 fully saturated rings. The monoisotopic (exact) mass is 290 g/mol. The summed E-state index contributed by atoms with van der Waals surface area (Å²) in [6, 6.07) is 0.0370. The third-order valence-corrected chi connectivity index (χ3v) is 3.37. The Morgan fingerprint density at radius 2 is 2.10 bits per heavy atom. The zero-order chi connectivity index (χ0) is 15.3. The summed E-state index contributed by atoms with van der Waals surface area (Å²) < 4.78 is 3.63. The summed E-state index contributed by atoms with van der Waals surface area (Å²) in [6.07, 6.45) is 8.88.